The molecule has 0 fully saturated rings. The molecule has 0 spiro atoms. The number of aliphatic imine (C=N–C) groups is 1. The number of rotatable bonds is 4. The van der Waals surface area contributed by atoms with Crippen LogP contribution in [0, 0.1) is 0 Å². The van der Waals surface area contributed by atoms with Crippen molar-refractivity contribution in [1.82, 2.24) is 0 Å². The van der Waals surface area contributed by atoms with Crippen LogP contribution in [0.25, 0.3) is 0 Å². The van der Waals surface area contributed by atoms with Crippen LogP contribution >= 0.6 is 11.6 Å². The highest BCUT2D eigenvalue weighted by Crippen LogP contribution is 2.26. The predicted octanol–water partition coefficient (Wildman–Crippen LogP) is 4.66. The molecule has 0 saturated heterocycles. The standard InChI is InChI=1S/C20H22ClNO3/c1-23-17-7-5-14(20(11-17)24-2)12-22-19-4-3-9-25-13-15-10-16(21)6-8-18(15)19/h5-8,10-11H,3-4,9,12-13H2,1-2H3. The first-order chi connectivity index (χ1) is 12.2. The van der Waals surface area contributed by atoms with Crippen LogP contribution < -0.4 is 9.47 Å². The summed E-state index contributed by atoms with van der Waals surface area (Å²) in [5.74, 6) is 1.56. The van der Waals surface area contributed by atoms with E-state index in [1.54, 1.807) is 14.2 Å². The molecule has 0 saturated carbocycles. The van der Waals surface area contributed by atoms with E-state index in [9.17, 15) is 0 Å². The SMILES string of the molecule is COc1ccc(CN=C2CCCOCc3cc(Cl)ccc32)c(OC)c1. The van der Waals surface area contributed by atoms with E-state index < -0.39 is 0 Å². The van der Waals surface area contributed by atoms with Crippen LogP contribution in [0.4, 0.5) is 0 Å². The van der Waals surface area contributed by atoms with Crippen LogP contribution in [0.5, 0.6) is 11.5 Å². The maximum Gasteiger partial charge on any atom is 0.127 e. The summed E-state index contributed by atoms with van der Waals surface area (Å²) in [7, 11) is 3.31. The number of fused-ring (bicyclic) bond motifs is 1. The van der Waals surface area contributed by atoms with Gasteiger partial charge in [-0.25, -0.2) is 0 Å². The van der Waals surface area contributed by atoms with Gasteiger partial charge in [-0.05, 0) is 42.7 Å². The lowest BCUT2D eigenvalue weighted by molar-refractivity contribution is 0.118. The molecule has 1 aliphatic rings. The smallest absolute Gasteiger partial charge is 0.127 e. The summed E-state index contributed by atoms with van der Waals surface area (Å²) in [5.41, 5.74) is 4.33. The highest BCUT2D eigenvalue weighted by Gasteiger charge is 2.14. The van der Waals surface area contributed by atoms with Crippen LogP contribution in [0.15, 0.2) is 41.4 Å². The third-order valence-corrected chi connectivity index (χ3v) is 4.51. The van der Waals surface area contributed by atoms with Crippen molar-refractivity contribution in [1.29, 1.82) is 0 Å². The molecule has 0 N–H and O–H groups in total. The third kappa shape index (κ3) is 4.33. The number of nitrogens with zero attached hydrogens (tertiary/aromatic N) is 1. The summed E-state index contributed by atoms with van der Waals surface area (Å²) < 4.78 is 16.4. The number of halogens is 1. The highest BCUT2D eigenvalue weighted by atomic mass is 35.5. The van der Waals surface area contributed by atoms with E-state index in [1.165, 1.54) is 0 Å². The molecule has 4 nitrogen and oxygen atoms in total. The molecule has 1 heterocycles. The molecule has 0 atom stereocenters. The largest absolute Gasteiger partial charge is 0.497 e. The summed E-state index contributed by atoms with van der Waals surface area (Å²) >= 11 is 6.14. The molecular weight excluding hydrogens is 338 g/mol. The monoisotopic (exact) mass is 359 g/mol. The van der Waals surface area contributed by atoms with Gasteiger partial charge in [-0.1, -0.05) is 17.7 Å². The average Bonchev–Trinajstić information content (AvgIpc) is 2.62. The van der Waals surface area contributed by atoms with Gasteiger partial charge in [0.25, 0.3) is 0 Å². The molecule has 25 heavy (non-hydrogen) atoms. The van der Waals surface area contributed by atoms with E-state index in [1.807, 2.05) is 36.4 Å². The maximum absolute atomic E-state index is 6.14. The Balaban J connectivity index is 1.91. The van der Waals surface area contributed by atoms with Gasteiger partial charge >= 0.3 is 0 Å². The van der Waals surface area contributed by atoms with E-state index in [2.05, 4.69) is 0 Å². The van der Waals surface area contributed by atoms with Crippen molar-refractivity contribution < 1.29 is 14.2 Å². The first kappa shape index (κ1) is 17.8. The summed E-state index contributed by atoms with van der Waals surface area (Å²) in [5, 5.41) is 0.721. The van der Waals surface area contributed by atoms with Crippen molar-refractivity contribution in [3.63, 3.8) is 0 Å². The fraction of sp³-hybridized carbons (Fsp3) is 0.350. The third-order valence-electron chi connectivity index (χ3n) is 4.27. The molecule has 132 valence electrons. The predicted molar refractivity (Wildman–Crippen MR) is 100 cm³/mol. The van der Waals surface area contributed by atoms with Gasteiger partial charge in [0.2, 0.25) is 0 Å². The molecule has 0 radical (unpaired) electrons. The molecule has 3 rings (SSSR count). The quantitative estimate of drug-likeness (QED) is 0.797. The number of ether oxygens (including phenoxy) is 3. The van der Waals surface area contributed by atoms with Crippen molar-refractivity contribution in [2.45, 2.75) is 26.0 Å². The van der Waals surface area contributed by atoms with Crippen molar-refractivity contribution in [2.24, 2.45) is 4.99 Å². The maximum atomic E-state index is 6.14. The van der Waals surface area contributed by atoms with Gasteiger partial charge in [0.1, 0.15) is 11.5 Å². The van der Waals surface area contributed by atoms with Gasteiger partial charge in [0, 0.05) is 34.5 Å². The topological polar surface area (TPSA) is 40.0 Å². The Labute approximate surface area is 153 Å². The normalized spacial score (nSPS) is 16.0. The molecule has 0 amide bonds. The Morgan fingerprint density at radius 3 is 2.80 bits per heavy atom. The minimum atomic E-state index is 0.561. The van der Waals surface area contributed by atoms with Crippen molar-refractivity contribution >= 4 is 17.3 Å². The summed E-state index contributed by atoms with van der Waals surface area (Å²) in [6, 6.07) is 11.7. The van der Waals surface area contributed by atoms with Gasteiger partial charge in [-0.3, -0.25) is 4.99 Å². The van der Waals surface area contributed by atoms with Gasteiger partial charge in [-0.2, -0.15) is 0 Å². The number of hydrogen-bond acceptors (Lipinski definition) is 4. The van der Waals surface area contributed by atoms with E-state index in [4.69, 9.17) is 30.8 Å². The number of methoxy groups -OCH3 is 2. The molecule has 1 aliphatic heterocycles. The molecule has 2 aromatic carbocycles. The van der Waals surface area contributed by atoms with E-state index in [0.717, 1.165) is 58.4 Å². The zero-order chi connectivity index (χ0) is 17.6. The van der Waals surface area contributed by atoms with Crippen molar-refractivity contribution in [3.05, 3.63) is 58.1 Å². The van der Waals surface area contributed by atoms with Crippen LogP contribution in [0.1, 0.15) is 29.5 Å². The van der Waals surface area contributed by atoms with Gasteiger partial charge in [0.05, 0.1) is 27.4 Å². The van der Waals surface area contributed by atoms with Crippen LogP contribution in [-0.4, -0.2) is 26.5 Å². The minimum Gasteiger partial charge on any atom is -0.497 e. The second-order valence-electron chi connectivity index (χ2n) is 5.90. The minimum absolute atomic E-state index is 0.561. The highest BCUT2D eigenvalue weighted by molar-refractivity contribution is 6.30. The molecule has 5 heteroatoms. The summed E-state index contributed by atoms with van der Waals surface area (Å²) in [6.45, 7) is 1.86. The van der Waals surface area contributed by atoms with Crippen LogP contribution in [0.3, 0.4) is 0 Å². The zero-order valence-corrected chi connectivity index (χ0v) is 15.3. The lowest BCUT2D eigenvalue weighted by atomic mass is 9.99. The molecule has 2 aromatic rings. The Hall–Kier alpha value is -2.04. The van der Waals surface area contributed by atoms with Gasteiger partial charge in [-0.15, -0.1) is 0 Å². The Morgan fingerprint density at radius 1 is 1.12 bits per heavy atom. The lowest BCUT2D eigenvalue weighted by Crippen LogP contribution is -2.12. The van der Waals surface area contributed by atoms with E-state index in [0.29, 0.717) is 13.2 Å². The van der Waals surface area contributed by atoms with E-state index in [-0.39, 0.29) is 0 Å². The molecule has 0 bridgehead atoms. The second kappa shape index (κ2) is 8.37. The van der Waals surface area contributed by atoms with Gasteiger partial charge in [0.15, 0.2) is 0 Å². The number of benzene rings is 2. The first-order valence-corrected chi connectivity index (χ1v) is 8.70. The fourth-order valence-electron chi connectivity index (χ4n) is 2.95. The van der Waals surface area contributed by atoms with Crippen molar-refractivity contribution in [3.8, 4) is 11.5 Å². The Kier molecular flexibility index (Phi) is 5.95. The lowest BCUT2D eigenvalue weighted by Gasteiger charge is -2.17. The molecule has 0 aromatic heterocycles. The summed E-state index contributed by atoms with van der Waals surface area (Å²) in [4.78, 5) is 4.89. The second-order valence-corrected chi connectivity index (χ2v) is 6.33. The molecular formula is C20H22ClNO3. The Bertz CT molecular complexity index is 774. The van der Waals surface area contributed by atoms with Crippen LogP contribution in [-0.2, 0) is 17.9 Å². The van der Waals surface area contributed by atoms with Gasteiger partial charge < -0.3 is 14.2 Å². The zero-order valence-electron chi connectivity index (χ0n) is 14.5. The van der Waals surface area contributed by atoms with E-state index >= 15 is 0 Å². The fourth-order valence-corrected chi connectivity index (χ4v) is 3.14. The first-order valence-electron chi connectivity index (χ1n) is 8.32. The molecule has 0 aliphatic carbocycles. The number of hydrogen-bond donors (Lipinski definition) is 0. The summed E-state index contributed by atoms with van der Waals surface area (Å²) in [6.07, 6.45) is 1.84. The van der Waals surface area contributed by atoms with Crippen LogP contribution in [0.2, 0.25) is 5.02 Å². The molecule has 0 unspecified atom stereocenters. The van der Waals surface area contributed by atoms with Crippen molar-refractivity contribution in [2.75, 3.05) is 20.8 Å². The average molecular weight is 360 g/mol. The Morgan fingerprint density at radius 2 is 2.00 bits per heavy atom.